The molecule has 4 nitrogen and oxygen atoms in total. The van der Waals surface area contributed by atoms with Crippen LogP contribution in [-0.4, -0.2) is 10.6 Å². The largest absolute Gasteiger partial charge is 0.335 e. The van der Waals surface area contributed by atoms with Crippen LogP contribution in [0.3, 0.4) is 0 Å². The van der Waals surface area contributed by atoms with Crippen molar-refractivity contribution in [3.63, 3.8) is 0 Å². The molecule has 0 atom stereocenters. The number of para-hydroxylation sites is 1. The highest BCUT2D eigenvalue weighted by Crippen LogP contribution is 2.36. The van der Waals surface area contributed by atoms with Crippen molar-refractivity contribution in [3.8, 4) is 10.6 Å². The average molecular weight is 466 g/mol. The number of carbonyl (C=O) groups excluding carboxylic acids is 1. The van der Waals surface area contributed by atoms with Crippen molar-refractivity contribution >= 4 is 34.0 Å². The number of benzene rings is 3. The Labute approximate surface area is 203 Å². The number of nitrogens with one attached hydrogen (secondary N) is 2. The molecule has 2 N–H and O–H groups in total. The predicted molar refractivity (Wildman–Crippen MR) is 143 cm³/mol. The fourth-order valence-electron chi connectivity index (χ4n) is 4.57. The van der Waals surface area contributed by atoms with E-state index < -0.39 is 0 Å². The number of nitrogens with zero attached hydrogens (tertiary/aromatic N) is 1. The van der Waals surface area contributed by atoms with Gasteiger partial charge in [-0.05, 0) is 60.2 Å². The van der Waals surface area contributed by atoms with E-state index in [2.05, 4.69) is 87.3 Å². The van der Waals surface area contributed by atoms with Crippen LogP contribution in [0.2, 0.25) is 0 Å². The molecule has 0 aliphatic rings. The summed E-state index contributed by atoms with van der Waals surface area (Å²) in [5.74, 6) is 0. The molecule has 0 aliphatic heterocycles. The zero-order chi connectivity index (χ0) is 23.5. The van der Waals surface area contributed by atoms with Crippen molar-refractivity contribution in [1.82, 2.24) is 9.88 Å². The van der Waals surface area contributed by atoms with Crippen molar-refractivity contribution in [1.29, 1.82) is 0 Å². The van der Waals surface area contributed by atoms with Crippen molar-refractivity contribution in [2.75, 3.05) is 5.32 Å². The molecule has 170 valence electrons. The number of hydrogen-bond donors (Lipinski definition) is 2. The summed E-state index contributed by atoms with van der Waals surface area (Å²) in [5, 5.41) is 9.35. The molecule has 0 fully saturated rings. The Balaban J connectivity index is 1.50. The van der Waals surface area contributed by atoms with Gasteiger partial charge in [0.15, 0.2) is 0 Å². The van der Waals surface area contributed by atoms with Gasteiger partial charge >= 0.3 is 6.03 Å². The number of rotatable bonds is 6. The normalized spacial score (nSPS) is 11.0. The third-order valence-electron chi connectivity index (χ3n) is 5.92. The highest BCUT2D eigenvalue weighted by Gasteiger charge is 2.20. The smallest absolute Gasteiger partial charge is 0.319 e. The molecular weight excluding hydrogens is 438 g/mol. The van der Waals surface area contributed by atoms with Crippen LogP contribution in [0.15, 0.2) is 90.3 Å². The standard InChI is InChI=1S/C29H27N3OS/c1-20-15-21(2)17-23(16-20)31-29(33)30-18-25-24-11-6-7-12-26(24)32(19-22-9-4-3-5-10-22)28(25)27-13-8-14-34-27/h3-17H,18-19H2,1-2H3,(H2,30,31,33). The molecule has 5 rings (SSSR count). The first-order valence-corrected chi connectivity index (χ1v) is 12.3. The number of aromatic nitrogens is 1. The summed E-state index contributed by atoms with van der Waals surface area (Å²) in [6.07, 6.45) is 0. The Morgan fingerprint density at radius 3 is 2.35 bits per heavy atom. The number of carbonyl (C=O) groups is 1. The maximum absolute atomic E-state index is 12.8. The number of urea groups is 1. The molecule has 2 aromatic heterocycles. The second-order valence-corrected chi connectivity index (χ2v) is 9.53. The molecule has 0 radical (unpaired) electrons. The molecule has 5 aromatic rings. The Morgan fingerprint density at radius 1 is 0.882 bits per heavy atom. The molecule has 0 bridgehead atoms. The second kappa shape index (κ2) is 9.57. The van der Waals surface area contributed by atoms with Crippen molar-refractivity contribution in [2.24, 2.45) is 0 Å². The fraction of sp³-hybridized carbons (Fsp3) is 0.138. The molecule has 3 aromatic carbocycles. The number of aryl methyl sites for hydroxylation is 2. The van der Waals surface area contributed by atoms with Crippen LogP contribution in [0.25, 0.3) is 21.5 Å². The number of thiophene rings is 1. The molecular formula is C29H27N3OS. The highest BCUT2D eigenvalue weighted by molar-refractivity contribution is 7.13. The molecule has 2 amide bonds. The zero-order valence-corrected chi connectivity index (χ0v) is 20.2. The molecule has 0 unspecified atom stereocenters. The van der Waals surface area contributed by atoms with E-state index in [9.17, 15) is 4.79 Å². The maximum atomic E-state index is 12.8. The van der Waals surface area contributed by atoms with Gasteiger partial charge in [-0.2, -0.15) is 0 Å². The van der Waals surface area contributed by atoms with Gasteiger partial charge in [0.2, 0.25) is 0 Å². The lowest BCUT2D eigenvalue weighted by molar-refractivity contribution is 0.252. The number of hydrogen-bond acceptors (Lipinski definition) is 2. The number of anilines is 1. The highest BCUT2D eigenvalue weighted by atomic mass is 32.1. The van der Waals surface area contributed by atoms with Crippen molar-refractivity contribution in [3.05, 3.63) is 113 Å². The minimum Gasteiger partial charge on any atom is -0.335 e. The van der Waals surface area contributed by atoms with Crippen molar-refractivity contribution in [2.45, 2.75) is 26.9 Å². The lowest BCUT2D eigenvalue weighted by Gasteiger charge is -2.13. The van der Waals surface area contributed by atoms with Crippen molar-refractivity contribution < 1.29 is 4.79 Å². The van der Waals surface area contributed by atoms with Gasteiger partial charge in [0.1, 0.15) is 0 Å². The molecule has 34 heavy (non-hydrogen) atoms. The van der Waals surface area contributed by atoms with Gasteiger partial charge in [-0.15, -0.1) is 11.3 Å². The SMILES string of the molecule is Cc1cc(C)cc(NC(=O)NCc2c(-c3cccs3)n(Cc3ccccc3)c3ccccc23)c1. The Bertz CT molecular complexity index is 1420. The van der Waals surface area contributed by atoms with Crippen LogP contribution in [0, 0.1) is 13.8 Å². The van der Waals surface area contributed by atoms with Crippen LogP contribution >= 0.6 is 11.3 Å². The second-order valence-electron chi connectivity index (χ2n) is 8.58. The Kier molecular flexibility index (Phi) is 6.19. The minimum atomic E-state index is -0.206. The summed E-state index contributed by atoms with van der Waals surface area (Å²) >= 11 is 1.72. The third kappa shape index (κ3) is 4.61. The topological polar surface area (TPSA) is 46.1 Å². The van der Waals surface area contributed by atoms with Gasteiger partial charge in [0.25, 0.3) is 0 Å². The minimum absolute atomic E-state index is 0.206. The molecule has 0 saturated carbocycles. The van der Waals surface area contributed by atoms with Crippen LogP contribution in [0.4, 0.5) is 10.5 Å². The average Bonchev–Trinajstić information content (AvgIpc) is 3.44. The fourth-order valence-corrected chi connectivity index (χ4v) is 5.38. The van der Waals surface area contributed by atoms with E-state index in [-0.39, 0.29) is 6.03 Å². The summed E-state index contributed by atoms with van der Waals surface area (Å²) in [6.45, 7) is 5.27. The van der Waals surface area contributed by atoms with Crippen LogP contribution in [0.1, 0.15) is 22.3 Å². The number of amides is 2. The lowest BCUT2D eigenvalue weighted by atomic mass is 10.1. The van der Waals surface area contributed by atoms with E-state index in [0.29, 0.717) is 6.54 Å². The summed E-state index contributed by atoms with van der Waals surface area (Å²) < 4.78 is 2.37. The third-order valence-corrected chi connectivity index (χ3v) is 6.80. The summed E-state index contributed by atoms with van der Waals surface area (Å²) in [7, 11) is 0. The van der Waals surface area contributed by atoms with Gasteiger partial charge < -0.3 is 15.2 Å². The summed E-state index contributed by atoms with van der Waals surface area (Å²) in [6, 6.07) is 29.0. The van der Waals surface area contributed by atoms with Gasteiger partial charge in [-0.25, -0.2) is 4.79 Å². The van der Waals surface area contributed by atoms with Gasteiger partial charge in [-0.1, -0.05) is 60.7 Å². The zero-order valence-electron chi connectivity index (χ0n) is 19.3. The summed E-state index contributed by atoms with van der Waals surface area (Å²) in [5.41, 5.74) is 7.75. The van der Waals surface area contributed by atoms with Crippen LogP contribution in [0.5, 0.6) is 0 Å². The monoisotopic (exact) mass is 465 g/mol. The first kappa shape index (κ1) is 22.0. The van der Waals surface area contributed by atoms with Gasteiger partial charge in [0, 0.05) is 35.2 Å². The lowest BCUT2D eigenvalue weighted by Crippen LogP contribution is -2.28. The van der Waals surface area contributed by atoms with E-state index >= 15 is 0 Å². The predicted octanol–water partition coefficient (Wildman–Crippen LogP) is 7.36. The molecule has 0 spiro atoms. The quantitative estimate of drug-likeness (QED) is 0.270. The first-order valence-electron chi connectivity index (χ1n) is 11.4. The van der Waals surface area contributed by atoms with E-state index in [1.165, 1.54) is 16.0 Å². The molecule has 5 heteroatoms. The van der Waals surface area contributed by atoms with Crippen LogP contribution in [-0.2, 0) is 13.1 Å². The van der Waals surface area contributed by atoms with E-state index in [4.69, 9.17) is 0 Å². The van der Waals surface area contributed by atoms with Gasteiger partial charge in [-0.3, -0.25) is 0 Å². The molecule has 0 aliphatic carbocycles. The number of fused-ring (bicyclic) bond motifs is 1. The van der Waals surface area contributed by atoms with Crippen LogP contribution < -0.4 is 10.6 Å². The molecule has 2 heterocycles. The first-order chi connectivity index (χ1) is 16.6. The van der Waals surface area contributed by atoms with E-state index in [0.717, 1.165) is 40.0 Å². The van der Waals surface area contributed by atoms with Gasteiger partial charge in [0.05, 0.1) is 10.6 Å². The Morgan fingerprint density at radius 2 is 1.62 bits per heavy atom. The van der Waals surface area contributed by atoms with E-state index in [1.807, 2.05) is 32.0 Å². The summed E-state index contributed by atoms with van der Waals surface area (Å²) in [4.78, 5) is 14.0. The Hall–Kier alpha value is -3.83. The van der Waals surface area contributed by atoms with E-state index in [1.54, 1.807) is 11.3 Å². The maximum Gasteiger partial charge on any atom is 0.319 e. The molecule has 0 saturated heterocycles.